The molecule has 0 saturated carbocycles. The first-order chi connectivity index (χ1) is 65.5. The summed E-state index contributed by atoms with van der Waals surface area (Å²) in [6, 6.07) is 0.694. The summed E-state index contributed by atoms with van der Waals surface area (Å²) < 4.78 is 76.5. The van der Waals surface area contributed by atoms with E-state index in [0.717, 1.165) is 261 Å². The van der Waals surface area contributed by atoms with Gasteiger partial charge in [0.1, 0.15) is 0 Å². The SMILES string of the molecule is C.C.C.C.CC.CC.CC.CC.CC(C)OCCCN1CCNCC1.CC(C)OCCCN1CCOCC1.CC(C)OCCN1CCN(C(C)C)CC1.CC(C)OCCN1CCNCC1.CC(C)OCCN1CCOCC1.CCCCNSC(C)C.CCCNSC(C)C.CCCOC(C)C.CCCOCCOC(C)C.CCN(CC)CCOC(C)C.CCN(CC)CCOCCOC(C)C.CSC(C)C.O.O.O.O.O.O. The minimum atomic E-state index is 0. The van der Waals surface area contributed by atoms with Crippen molar-refractivity contribution in [3.05, 3.63) is 0 Å². The third-order valence-corrected chi connectivity index (χ3v) is 21.8. The molecule has 0 amide bonds. The van der Waals surface area contributed by atoms with Crippen LogP contribution in [0.25, 0.3) is 0 Å². The Hall–Kier alpha value is -0.190. The Kier molecular flexibility index (Phi) is 222. The molecular weight excluding hydrogens is 1930 g/mol. The molecule has 0 atom stereocenters. The van der Waals surface area contributed by atoms with Gasteiger partial charge < -0.3 is 120 Å². The number of likely N-dealkylation sites (N-methyl/N-ethyl adjacent to an activating group) is 2. The van der Waals surface area contributed by atoms with Gasteiger partial charge in [-0.1, -0.05) is 212 Å². The normalized spacial score (nSPS) is 13.8. The van der Waals surface area contributed by atoms with Crippen molar-refractivity contribution in [1.29, 1.82) is 0 Å². The summed E-state index contributed by atoms with van der Waals surface area (Å²) in [5.74, 6) is 0. The molecular formula is C113H280N12O19S3. The minimum absolute atomic E-state index is 0. The van der Waals surface area contributed by atoms with Crippen molar-refractivity contribution in [3.63, 3.8) is 0 Å². The summed E-state index contributed by atoms with van der Waals surface area (Å²) in [7, 11) is 0. The van der Waals surface area contributed by atoms with Crippen LogP contribution in [0.5, 0.6) is 0 Å². The molecule has 0 aromatic carbocycles. The highest BCUT2D eigenvalue weighted by atomic mass is 32.2. The molecule has 5 aliphatic rings. The van der Waals surface area contributed by atoms with Crippen molar-refractivity contribution in [2.24, 2.45) is 0 Å². The quantitative estimate of drug-likeness (QED) is 0.0324. The van der Waals surface area contributed by atoms with E-state index in [1.54, 1.807) is 11.9 Å². The van der Waals surface area contributed by atoms with Crippen molar-refractivity contribution in [2.75, 3.05) is 308 Å². The van der Waals surface area contributed by atoms with E-state index in [-0.39, 0.29) is 62.6 Å². The van der Waals surface area contributed by atoms with Gasteiger partial charge in [0.2, 0.25) is 0 Å². The van der Waals surface area contributed by atoms with Crippen molar-refractivity contribution in [3.8, 4) is 0 Å². The number of nitrogens with zero attached hydrogens (tertiary/aromatic N) is 8. The molecule has 0 aromatic rings. The van der Waals surface area contributed by atoms with Crippen molar-refractivity contribution in [1.82, 2.24) is 59.3 Å². The summed E-state index contributed by atoms with van der Waals surface area (Å²) in [5, 5.41) is 8.90. The number of rotatable bonds is 57. The van der Waals surface area contributed by atoms with Crippen LogP contribution in [0.1, 0.15) is 365 Å². The largest absolute Gasteiger partial charge is 0.412 e. The van der Waals surface area contributed by atoms with Gasteiger partial charge in [-0.2, -0.15) is 11.8 Å². The summed E-state index contributed by atoms with van der Waals surface area (Å²) in [6.45, 7) is 135. The van der Waals surface area contributed by atoms with Gasteiger partial charge in [0, 0.05) is 207 Å². The van der Waals surface area contributed by atoms with Gasteiger partial charge in [-0.15, -0.1) is 0 Å². The number of morpholine rings is 2. The number of unbranched alkanes of at least 4 members (excludes halogenated alkanes) is 1. The lowest BCUT2D eigenvalue weighted by atomic mass is 10.2. The molecule has 147 heavy (non-hydrogen) atoms. The zero-order valence-corrected chi connectivity index (χ0v) is 106. The maximum absolute atomic E-state index is 5.56. The average Bonchev–Trinajstić information content (AvgIpc) is 0.895. The molecule has 5 heterocycles. The summed E-state index contributed by atoms with van der Waals surface area (Å²) >= 11 is 5.51. The van der Waals surface area contributed by atoms with E-state index in [9.17, 15) is 0 Å². The van der Waals surface area contributed by atoms with E-state index in [2.05, 4.69) is 273 Å². The average molecular weight is 2210 g/mol. The molecule has 924 valence electrons. The molecule has 5 fully saturated rings. The van der Waals surface area contributed by atoms with Crippen molar-refractivity contribution < 1.29 is 94.4 Å². The lowest BCUT2D eigenvalue weighted by Crippen LogP contribution is -2.49. The monoisotopic (exact) mass is 2210 g/mol. The fourth-order valence-electron chi connectivity index (χ4n) is 11.4. The Morgan fingerprint density at radius 1 is 0.272 bits per heavy atom. The van der Waals surface area contributed by atoms with Crippen LogP contribution in [-0.4, -0.2) is 457 Å². The second kappa shape index (κ2) is 166. The Labute approximate surface area is 934 Å². The second-order valence-corrected chi connectivity index (χ2v) is 40.4. The lowest BCUT2D eigenvalue weighted by molar-refractivity contribution is 0.00964. The molecule has 5 aliphatic heterocycles. The van der Waals surface area contributed by atoms with E-state index < -0.39 is 0 Å². The molecule has 31 nitrogen and oxygen atoms in total. The first kappa shape index (κ1) is 197. The Morgan fingerprint density at radius 3 is 0.803 bits per heavy atom. The van der Waals surface area contributed by atoms with E-state index in [1.165, 1.54) is 78.2 Å². The fraction of sp³-hybridized carbons (Fsp3) is 1.00. The van der Waals surface area contributed by atoms with Gasteiger partial charge in [-0.25, -0.2) is 0 Å². The highest BCUT2D eigenvalue weighted by Gasteiger charge is 2.19. The fourth-order valence-corrected chi connectivity index (χ4v) is 12.6. The van der Waals surface area contributed by atoms with E-state index in [0.29, 0.717) is 84.7 Å². The zero-order valence-electron chi connectivity index (χ0n) is 103. The van der Waals surface area contributed by atoms with E-state index in [1.807, 2.05) is 107 Å². The second-order valence-electron chi connectivity index (χ2n) is 36.1. The highest BCUT2D eigenvalue weighted by molar-refractivity contribution is 7.99. The van der Waals surface area contributed by atoms with Crippen LogP contribution in [0.3, 0.4) is 0 Å². The first-order valence-electron chi connectivity index (χ1n) is 55.9. The van der Waals surface area contributed by atoms with Gasteiger partial charge in [-0.3, -0.25) is 33.9 Å². The third kappa shape index (κ3) is 194. The molecule has 0 radical (unpaired) electrons. The van der Waals surface area contributed by atoms with Crippen LogP contribution in [0.4, 0.5) is 0 Å². The van der Waals surface area contributed by atoms with E-state index in [4.69, 9.17) is 61.6 Å². The Bertz CT molecular complexity index is 1960. The van der Waals surface area contributed by atoms with E-state index >= 15 is 0 Å². The molecule has 0 bridgehead atoms. The number of piperazine rings is 3. The highest BCUT2D eigenvalue weighted by Crippen LogP contribution is 2.09. The summed E-state index contributed by atoms with van der Waals surface area (Å²) in [4.78, 5) is 19.5. The number of nitrogens with one attached hydrogen (secondary N) is 4. The standard InChI is InChI=1S/C12H26N2O.C11H25NO2.C10H22N2O.C10H21NO2.C9H20N2O.C9H19NO2.C9H21NO.C8H18O2.C7H17NS.C6H15NS.C6H14O.C4H10S.4C2H6.4CH4.6H2O/c1-11(2)14-7-5-13(6-8-14)9-10-15-12(3)4;1-5-12(6-2)7-8-13-9-10-14-11(3)4;1-10(2)13-9-3-6-12-7-4-11-5-8-12;1-10(2)13-7-3-4-11-5-8-12-9-6-11;1-9(2)12-8-7-11-5-3-10-4-6-11;1-9(2)12-8-5-10-3-6-11-7-4-10;1-5-10(6-2)7-8-11-9(3)4;1-4-5-9-6-7-10-8(2)3;1-4-5-6-8-9-7(2)3;1-4-5-7-8-6(2)3;1-4-5-7-6(2)3;1-4(2)5-3;4*1-2;;;;;;;;;;/h11-12H,5-10H2,1-4H3;11H,5-10H2,1-4H3;10-11H,3-9H2,1-2H3;10H,3-9H2,1-2H3;9-10H,3-8H2,1-2H3;9H,3-8H2,1-2H3;9H,5-8H2,1-4H3;8H,4-7H2,1-3H3;7-8H,4-6H2,1-3H3;6-7H,4-5H2,1-3H3;6H,4-5H2,1-3H3;4H,1-3H3;4*1-2H3;4*1H4;6*1H2. The molecule has 0 aromatic heterocycles. The number of ether oxygens (including phenoxy) is 13. The van der Waals surface area contributed by atoms with Crippen LogP contribution in [0.2, 0.25) is 0 Å². The summed E-state index contributed by atoms with van der Waals surface area (Å²) in [6.07, 6.45) is 13.7. The number of thioether (sulfide) groups is 1. The first-order valence-corrected chi connectivity index (χ1v) is 58.9. The molecule has 34 heteroatoms. The predicted molar refractivity (Wildman–Crippen MR) is 662 cm³/mol. The van der Waals surface area contributed by atoms with Crippen molar-refractivity contribution in [2.45, 2.75) is 442 Å². The Balaban J connectivity index is -0.0000000616. The van der Waals surface area contributed by atoms with Crippen LogP contribution in [0.15, 0.2) is 0 Å². The van der Waals surface area contributed by atoms with Crippen LogP contribution >= 0.6 is 35.7 Å². The van der Waals surface area contributed by atoms with Crippen molar-refractivity contribution >= 4 is 35.7 Å². The number of hydrogen-bond acceptors (Lipinski definition) is 28. The third-order valence-electron chi connectivity index (χ3n) is 19.1. The van der Waals surface area contributed by atoms with Gasteiger partial charge in [0.05, 0.1) is 141 Å². The van der Waals surface area contributed by atoms with Crippen LogP contribution < -0.4 is 20.1 Å². The van der Waals surface area contributed by atoms with Gasteiger partial charge in [-0.05, 0) is 215 Å². The maximum atomic E-state index is 5.56. The van der Waals surface area contributed by atoms with Gasteiger partial charge >= 0.3 is 0 Å². The zero-order chi connectivity index (χ0) is 107. The molecule has 0 aliphatic carbocycles. The van der Waals surface area contributed by atoms with Crippen LogP contribution in [-0.2, 0) is 61.6 Å². The topological polar surface area (TPSA) is 383 Å². The molecule has 5 saturated heterocycles. The minimum Gasteiger partial charge on any atom is -0.412 e. The maximum Gasteiger partial charge on any atom is 0.0703 e. The van der Waals surface area contributed by atoms with Gasteiger partial charge in [0.25, 0.3) is 0 Å². The molecule has 5 rings (SSSR count). The molecule has 16 N–H and O–H groups in total. The predicted octanol–water partition coefficient (Wildman–Crippen LogP) is 19.5. The smallest absolute Gasteiger partial charge is 0.0703 e. The molecule has 0 unspecified atom stereocenters. The lowest BCUT2D eigenvalue weighted by Gasteiger charge is -2.36. The van der Waals surface area contributed by atoms with Crippen LogP contribution in [0, 0.1) is 0 Å². The Morgan fingerprint density at radius 2 is 0.531 bits per heavy atom. The summed E-state index contributed by atoms with van der Waals surface area (Å²) in [5.41, 5.74) is 0. The van der Waals surface area contributed by atoms with Gasteiger partial charge in [0.15, 0.2) is 0 Å². The molecule has 0 spiro atoms. The number of hydrogen-bond donors (Lipinski definition) is 4.